The summed E-state index contributed by atoms with van der Waals surface area (Å²) in [5.41, 5.74) is 0.775. The highest BCUT2D eigenvalue weighted by Gasteiger charge is 2.25. The summed E-state index contributed by atoms with van der Waals surface area (Å²) in [6.07, 6.45) is 2.09. The second-order valence-corrected chi connectivity index (χ2v) is 6.16. The Morgan fingerprint density at radius 1 is 1.24 bits per heavy atom. The van der Waals surface area contributed by atoms with Crippen LogP contribution in [0.4, 0.5) is 4.39 Å². The van der Waals surface area contributed by atoms with Gasteiger partial charge in [0, 0.05) is 37.8 Å². The first kappa shape index (κ1) is 16.2. The molecule has 1 N–H and O–H groups in total. The molecule has 118 valence electrons. The van der Waals surface area contributed by atoms with E-state index in [0.717, 1.165) is 50.3 Å². The fraction of sp³-hybridized carbons (Fsp3) is 0.647. The molecule has 0 unspecified atom stereocenters. The molecule has 1 aromatic carbocycles. The summed E-state index contributed by atoms with van der Waals surface area (Å²) < 4.78 is 19.6. The second kappa shape index (κ2) is 7.76. The average molecular weight is 294 g/mol. The molecule has 0 amide bonds. The number of nitrogens with one attached hydrogen (secondary N) is 1. The molecule has 4 heteroatoms. The largest absolute Gasteiger partial charge is 0.497 e. The Balaban J connectivity index is 2.24. The molecule has 1 aliphatic rings. The lowest BCUT2D eigenvalue weighted by Crippen LogP contribution is -2.45. The molecule has 0 aliphatic carbocycles. The van der Waals surface area contributed by atoms with E-state index in [0.29, 0.717) is 5.92 Å². The van der Waals surface area contributed by atoms with Crippen LogP contribution in [-0.4, -0.2) is 38.2 Å². The second-order valence-electron chi connectivity index (χ2n) is 6.16. The van der Waals surface area contributed by atoms with Crippen molar-refractivity contribution in [3.63, 3.8) is 0 Å². The third-order valence-electron chi connectivity index (χ3n) is 4.17. The fourth-order valence-electron chi connectivity index (χ4n) is 2.92. The van der Waals surface area contributed by atoms with Crippen LogP contribution in [-0.2, 0) is 0 Å². The quantitative estimate of drug-likeness (QED) is 0.872. The van der Waals surface area contributed by atoms with Crippen molar-refractivity contribution in [1.29, 1.82) is 0 Å². The Bertz CT molecular complexity index is 444. The molecular weight excluding hydrogens is 267 g/mol. The van der Waals surface area contributed by atoms with Gasteiger partial charge < -0.3 is 10.1 Å². The van der Waals surface area contributed by atoms with Gasteiger partial charge in [0.1, 0.15) is 11.6 Å². The maximum atomic E-state index is 14.3. The third kappa shape index (κ3) is 4.42. The monoisotopic (exact) mass is 294 g/mol. The van der Waals surface area contributed by atoms with E-state index >= 15 is 0 Å². The zero-order valence-electron chi connectivity index (χ0n) is 13.4. The lowest BCUT2D eigenvalue weighted by molar-refractivity contribution is 0.156. The summed E-state index contributed by atoms with van der Waals surface area (Å²) in [5.74, 6) is 1.24. The Labute approximate surface area is 127 Å². The van der Waals surface area contributed by atoms with E-state index in [4.69, 9.17) is 4.74 Å². The van der Waals surface area contributed by atoms with Crippen LogP contribution in [0.15, 0.2) is 18.2 Å². The highest BCUT2D eigenvalue weighted by molar-refractivity contribution is 5.32. The van der Waals surface area contributed by atoms with Crippen molar-refractivity contribution in [3.05, 3.63) is 29.6 Å². The predicted molar refractivity (Wildman–Crippen MR) is 84.2 cm³/mol. The van der Waals surface area contributed by atoms with Gasteiger partial charge >= 0.3 is 0 Å². The molecule has 0 aromatic heterocycles. The van der Waals surface area contributed by atoms with E-state index in [2.05, 4.69) is 24.1 Å². The van der Waals surface area contributed by atoms with Gasteiger partial charge in [0.15, 0.2) is 0 Å². The van der Waals surface area contributed by atoms with Crippen molar-refractivity contribution in [1.82, 2.24) is 10.2 Å². The number of halogens is 1. The number of nitrogens with zero attached hydrogens (tertiary/aromatic N) is 1. The van der Waals surface area contributed by atoms with E-state index < -0.39 is 0 Å². The summed E-state index contributed by atoms with van der Waals surface area (Å²) in [6.45, 7) is 8.33. The maximum Gasteiger partial charge on any atom is 0.128 e. The van der Waals surface area contributed by atoms with Gasteiger partial charge in [-0.1, -0.05) is 13.8 Å². The van der Waals surface area contributed by atoms with Gasteiger partial charge in [0.05, 0.1) is 7.11 Å². The average Bonchev–Trinajstić information content (AvgIpc) is 2.50. The number of benzene rings is 1. The third-order valence-corrected chi connectivity index (χ3v) is 4.17. The molecule has 21 heavy (non-hydrogen) atoms. The minimum absolute atomic E-state index is 0.122. The number of hydrogen-bond acceptors (Lipinski definition) is 3. The summed E-state index contributed by atoms with van der Waals surface area (Å²) in [5, 5.41) is 3.36. The number of ether oxygens (including phenoxy) is 1. The first-order valence-corrected chi connectivity index (χ1v) is 7.90. The highest BCUT2D eigenvalue weighted by atomic mass is 19.1. The lowest BCUT2D eigenvalue weighted by Gasteiger charge is -2.36. The smallest absolute Gasteiger partial charge is 0.128 e. The zero-order chi connectivity index (χ0) is 15.2. The normalized spacial score (nSPS) is 18.0. The van der Waals surface area contributed by atoms with Gasteiger partial charge in [0.25, 0.3) is 0 Å². The molecule has 2 rings (SSSR count). The van der Waals surface area contributed by atoms with Crippen molar-refractivity contribution >= 4 is 0 Å². The van der Waals surface area contributed by atoms with Crippen molar-refractivity contribution in [2.75, 3.05) is 33.3 Å². The van der Waals surface area contributed by atoms with Crippen LogP contribution in [0.3, 0.4) is 0 Å². The number of hydrogen-bond donors (Lipinski definition) is 1. The summed E-state index contributed by atoms with van der Waals surface area (Å²) >= 11 is 0. The van der Waals surface area contributed by atoms with Crippen molar-refractivity contribution in [3.8, 4) is 5.75 Å². The summed E-state index contributed by atoms with van der Waals surface area (Å²) in [7, 11) is 1.63. The van der Waals surface area contributed by atoms with E-state index in [9.17, 15) is 4.39 Å². The van der Waals surface area contributed by atoms with E-state index in [1.807, 2.05) is 6.07 Å². The van der Waals surface area contributed by atoms with Gasteiger partial charge in [-0.25, -0.2) is 4.39 Å². The molecule has 1 aliphatic heterocycles. The SMILES string of the molecule is COc1ccc(F)c([C@H](CCC(C)C)N2CCNCC2)c1. The number of rotatable bonds is 6. The molecule has 0 radical (unpaired) electrons. The van der Waals surface area contributed by atoms with E-state index in [-0.39, 0.29) is 11.9 Å². The molecule has 0 saturated carbocycles. The van der Waals surface area contributed by atoms with Crippen molar-refractivity contribution in [2.24, 2.45) is 5.92 Å². The van der Waals surface area contributed by atoms with Gasteiger partial charge in [-0.3, -0.25) is 4.90 Å². The molecule has 0 bridgehead atoms. The van der Waals surface area contributed by atoms with E-state index in [1.54, 1.807) is 13.2 Å². The predicted octanol–water partition coefficient (Wildman–Crippen LogP) is 3.22. The molecule has 1 aromatic rings. The number of piperazine rings is 1. The van der Waals surface area contributed by atoms with Gasteiger partial charge in [-0.15, -0.1) is 0 Å². The molecule has 0 spiro atoms. The Kier molecular flexibility index (Phi) is 6.00. The van der Waals surface area contributed by atoms with Crippen LogP contribution >= 0.6 is 0 Å². The van der Waals surface area contributed by atoms with Crippen molar-refractivity contribution in [2.45, 2.75) is 32.7 Å². The Morgan fingerprint density at radius 2 is 1.95 bits per heavy atom. The van der Waals surface area contributed by atoms with Crippen LogP contribution in [0.25, 0.3) is 0 Å². The molecule has 1 heterocycles. The minimum atomic E-state index is -0.122. The maximum absolute atomic E-state index is 14.3. The summed E-state index contributed by atoms with van der Waals surface area (Å²) in [4.78, 5) is 2.40. The zero-order valence-corrected chi connectivity index (χ0v) is 13.4. The first-order valence-electron chi connectivity index (χ1n) is 7.90. The molecule has 3 nitrogen and oxygen atoms in total. The Morgan fingerprint density at radius 3 is 2.57 bits per heavy atom. The fourth-order valence-corrected chi connectivity index (χ4v) is 2.92. The van der Waals surface area contributed by atoms with Crippen LogP contribution < -0.4 is 10.1 Å². The molecule has 1 fully saturated rings. The van der Waals surface area contributed by atoms with Crippen LogP contribution in [0.2, 0.25) is 0 Å². The van der Waals surface area contributed by atoms with Gasteiger partial charge in [0.2, 0.25) is 0 Å². The van der Waals surface area contributed by atoms with Crippen LogP contribution in [0.5, 0.6) is 5.75 Å². The first-order chi connectivity index (χ1) is 10.1. The van der Waals surface area contributed by atoms with Crippen molar-refractivity contribution < 1.29 is 9.13 Å². The Hall–Kier alpha value is -1.13. The summed E-state index contributed by atoms with van der Waals surface area (Å²) in [6, 6.07) is 5.22. The minimum Gasteiger partial charge on any atom is -0.497 e. The highest BCUT2D eigenvalue weighted by Crippen LogP contribution is 2.31. The van der Waals surface area contributed by atoms with Gasteiger partial charge in [-0.05, 0) is 37.0 Å². The molecular formula is C17H27FN2O. The molecule has 1 saturated heterocycles. The standard InChI is InChI=1S/C17H27FN2O/c1-13(2)4-7-17(20-10-8-19-9-11-20)15-12-14(21-3)5-6-16(15)18/h5-6,12-13,17,19H,4,7-11H2,1-3H3/t17-/m0/s1. The van der Waals surface area contributed by atoms with E-state index in [1.165, 1.54) is 6.07 Å². The lowest BCUT2D eigenvalue weighted by atomic mass is 9.95. The number of methoxy groups -OCH3 is 1. The topological polar surface area (TPSA) is 24.5 Å². The van der Waals surface area contributed by atoms with Crippen LogP contribution in [0.1, 0.15) is 38.3 Å². The van der Waals surface area contributed by atoms with Crippen LogP contribution in [0, 0.1) is 11.7 Å². The molecule has 1 atom stereocenters. The van der Waals surface area contributed by atoms with Gasteiger partial charge in [-0.2, -0.15) is 0 Å².